The third-order valence-corrected chi connectivity index (χ3v) is 9.21. The molecule has 17 nitrogen and oxygen atoms in total. The number of carbonyl (C=O) groups is 5. The molecule has 1 saturated heterocycles. The van der Waals surface area contributed by atoms with E-state index >= 15 is 0 Å². The Hall–Kier alpha value is -7.45. The van der Waals surface area contributed by atoms with Gasteiger partial charge >= 0.3 is 29.8 Å². The molecule has 4 aromatic rings. The zero-order valence-electron chi connectivity index (χ0n) is 30.7. The largest absolute Gasteiger partial charge is 0.491 e. The van der Waals surface area contributed by atoms with Crippen molar-refractivity contribution in [2.75, 3.05) is 23.5 Å². The lowest BCUT2D eigenvalue weighted by Gasteiger charge is -2.37. The molecule has 3 aliphatic rings. The summed E-state index contributed by atoms with van der Waals surface area (Å²) < 4.78 is 28.4. The van der Waals surface area contributed by atoms with Crippen molar-refractivity contribution in [2.45, 2.75) is 39.0 Å². The molecule has 58 heavy (non-hydrogen) atoms. The topological polar surface area (TPSA) is 209 Å². The lowest BCUT2D eigenvalue weighted by atomic mass is 10.1. The second kappa shape index (κ2) is 16.3. The molecule has 0 radical (unpaired) electrons. The first kappa shape index (κ1) is 38.8. The average molecular weight is 807 g/mol. The van der Waals surface area contributed by atoms with Crippen molar-refractivity contribution < 1.29 is 52.5 Å². The van der Waals surface area contributed by atoms with Gasteiger partial charge in [0.25, 0.3) is 11.6 Å². The molecule has 294 valence electrons. The lowest BCUT2D eigenvalue weighted by Crippen LogP contribution is -2.47. The molecule has 1 fully saturated rings. The summed E-state index contributed by atoms with van der Waals surface area (Å²) in [6.45, 7) is 3.48. The molecule has 0 bridgehead atoms. The van der Waals surface area contributed by atoms with E-state index < -0.39 is 47.2 Å². The van der Waals surface area contributed by atoms with Crippen LogP contribution in [0.3, 0.4) is 0 Å². The van der Waals surface area contributed by atoms with E-state index in [-0.39, 0.29) is 64.8 Å². The zero-order chi connectivity index (χ0) is 41.0. The van der Waals surface area contributed by atoms with E-state index in [0.29, 0.717) is 28.6 Å². The number of fused-ring (bicyclic) bond motifs is 3. The maximum atomic E-state index is 14.8. The highest BCUT2D eigenvalue weighted by atomic mass is 35.5. The van der Waals surface area contributed by atoms with Crippen molar-refractivity contribution in [3.8, 4) is 17.6 Å². The first-order chi connectivity index (χ1) is 28.0. The predicted molar refractivity (Wildman–Crippen MR) is 202 cm³/mol. The van der Waals surface area contributed by atoms with Gasteiger partial charge in [-0.15, -0.1) is 5.06 Å². The van der Waals surface area contributed by atoms with Crippen molar-refractivity contribution in [3.05, 3.63) is 113 Å². The van der Waals surface area contributed by atoms with Crippen LogP contribution in [0.5, 0.6) is 11.5 Å². The minimum Gasteiger partial charge on any atom is -0.491 e. The fourth-order valence-corrected chi connectivity index (χ4v) is 6.53. The van der Waals surface area contributed by atoms with Crippen LogP contribution in [0.4, 0.5) is 17.1 Å². The van der Waals surface area contributed by atoms with Gasteiger partial charge in [0.1, 0.15) is 29.9 Å². The molecule has 7 rings (SSSR count). The third kappa shape index (κ3) is 8.08. The van der Waals surface area contributed by atoms with Crippen LogP contribution in [-0.2, 0) is 49.6 Å². The Morgan fingerprint density at radius 1 is 0.931 bits per heavy atom. The van der Waals surface area contributed by atoms with E-state index in [2.05, 4.69) is 21.4 Å². The number of ether oxygens (including phenoxy) is 5. The van der Waals surface area contributed by atoms with Crippen molar-refractivity contribution in [2.24, 2.45) is 0 Å². The van der Waals surface area contributed by atoms with Gasteiger partial charge in [0.2, 0.25) is 0 Å². The number of halogens is 1. The van der Waals surface area contributed by atoms with Crippen LogP contribution < -0.4 is 19.9 Å². The van der Waals surface area contributed by atoms with Gasteiger partial charge in [0, 0.05) is 66.8 Å². The lowest BCUT2D eigenvalue weighted by molar-refractivity contribution is -0.173. The number of benzene rings is 2. The van der Waals surface area contributed by atoms with E-state index in [0.717, 1.165) is 24.3 Å². The number of rotatable bonds is 8. The molecule has 18 heteroatoms. The molecular formula is C40H31ClN6O11. The van der Waals surface area contributed by atoms with Gasteiger partial charge in [0.05, 0.1) is 34.1 Å². The van der Waals surface area contributed by atoms with Crippen LogP contribution in [-0.4, -0.2) is 63.5 Å². The van der Waals surface area contributed by atoms with Crippen LogP contribution in [0.15, 0.2) is 96.9 Å². The molecule has 0 unspecified atom stereocenters. The number of amides is 1. The van der Waals surface area contributed by atoms with Gasteiger partial charge in [0.15, 0.2) is 5.72 Å². The van der Waals surface area contributed by atoms with Crippen molar-refractivity contribution >= 4 is 69.4 Å². The van der Waals surface area contributed by atoms with Crippen molar-refractivity contribution in [3.63, 3.8) is 0 Å². The molecule has 1 N–H and O–H groups in total. The van der Waals surface area contributed by atoms with E-state index in [9.17, 15) is 29.2 Å². The highest BCUT2D eigenvalue weighted by molar-refractivity contribution is 6.32. The van der Waals surface area contributed by atoms with Crippen LogP contribution in [0.25, 0.3) is 10.9 Å². The van der Waals surface area contributed by atoms with E-state index in [1.54, 1.807) is 37.4 Å². The highest BCUT2D eigenvalue weighted by Gasteiger charge is 2.47. The van der Waals surface area contributed by atoms with E-state index in [1.807, 2.05) is 12.1 Å². The molecule has 5 heterocycles. The molecular weight excluding hydrogens is 776 g/mol. The predicted octanol–water partition coefficient (Wildman–Crippen LogP) is 5.42. The second-order valence-corrected chi connectivity index (χ2v) is 13.2. The molecule has 2 aromatic heterocycles. The maximum absolute atomic E-state index is 14.8. The summed E-state index contributed by atoms with van der Waals surface area (Å²) in [6.07, 6.45) is 6.69. The third-order valence-electron chi connectivity index (χ3n) is 8.91. The fourth-order valence-electron chi connectivity index (χ4n) is 6.29. The Morgan fingerprint density at radius 2 is 1.71 bits per heavy atom. The minimum absolute atomic E-state index is 0.0468. The van der Waals surface area contributed by atoms with Crippen molar-refractivity contribution in [1.82, 2.24) is 14.9 Å². The van der Waals surface area contributed by atoms with Gasteiger partial charge in [-0.1, -0.05) is 17.7 Å². The zero-order valence-corrected chi connectivity index (χ0v) is 31.5. The number of hydrogen-bond donors (Lipinski definition) is 1. The normalized spacial score (nSPS) is 20.7. The smallest absolute Gasteiger partial charge is 0.356 e. The number of hydroxylamine groups is 1. The monoisotopic (exact) mass is 806 g/mol. The van der Waals surface area contributed by atoms with Gasteiger partial charge < -0.3 is 38.7 Å². The summed E-state index contributed by atoms with van der Waals surface area (Å²) in [7, 11) is 0. The number of anilines is 3. The molecule has 0 aliphatic carbocycles. The van der Waals surface area contributed by atoms with Crippen LogP contribution >= 0.6 is 11.6 Å². The molecule has 1 atom stereocenters. The number of esters is 3. The number of aromatic nitrogens is 2. The Kier molecular flexibility index (Phi) is 10.9. The second-order valence-electron chi connectivity index (χ2n) is 12.8. The van der Waals surface area contributed by atoms with Crippen LogP contribution in [0.1, 0.15) is 37.9 Å². The summed E-state index contributed by atoms with van der Waals surface area (Å²) in [6, 6.07) is 15.2. The van der Waals surface area contributed by atoms with Gasteiger partial charge in [-0.05, 0) is 56.7 Å². The number of nitrogens with one attached hydrogen (secondary N) is 1. The summed E-state index contributed by atoms with van der Waals surface area (Å²) in [4.78, 5) is 82.4. The number of nitrogens with zero attached hydrogens (tertiary/aromatic N) is 5. The molecule has 0 saturated carbocycles. The Balaban J connectivity index is 1.36. The standard InChI is InChI=1S/C40H31ClN6O11/c1-3-53-31-19-28-26(36(23(20-42)21-44-28)45-24-8-9-30(27(41)17-24)54-22-25-7-4-5-15-43-25)18-29(31)47-38(52)37-39(56-33(49)11-10-32(48)55-37)46-16-6-14-40(46,2)57-34(50)12-13-35(51)58-47/h4-5,7-13,15,17-19,21H,3,6,14,16,22H2,1-2H3,(H,44,45)/b11-10-,13-12-,39-37+/t40-/m1/s1. The first-order valence-corrected chi connectivity index (χ1v) is 18.0. The first-order valence-electron chi connectivity index (χ1n) is 17.7. The Bertz CT molecular complexity index is 2500. The molecule has 3 aliphatic heterocycles. The van der Waals surface area contributed by atoms with Crippen molar-refractivity contribution in [1.29, 1.82) is 5.26 Å². The SMILES string of the molecule is CCOc1cc2ncc(C#N)c(Nc3ccc(OCc4ccccn4)c(Cl)c3)c2cc1N1OC(=O)/C=C\C(=O)O[C@]2(C)CCCN2/C2=C(\OC(=O)/C=C\C(=O)O2)C1=O. The summed E-state index contributed by atoms with van der Waals surface area (Å²) in [5.74, 6) is -6.82. The number of nitriles is 1. The van der Waals surface area contributed by atoms with Gasteiger partial charge in [-0.25, -0.2) is 19.2 Å². The van der Waals surface area contributed by atoms with Crippen LogP contribution in [0, 0.1) is 11.3 Å². The fraction of sp³-hybridized carbons (Fsp3) is 0.200. The number of pyridine rings is 2. The highest BCUT2D eigenvalue weighted by Crippen LogP contribution is 2.41. The van der Waals surface area contributed by atoms with Crippen LogP contribution in [0.2, 0.25) is 5.02 Å². The Labute approximate surface area is 334 Å². The maximum Gasteiger partial charge on any atom is 0.356 e. The summed E-state index contributed by atoms with van der Waals surface area (Å²) in [5.41, 5.74) is -0.0910. The number of hydrogen-bond acceptors (Lipinski definition) is 16. The molecule has 1 amide bonds. The minimum atomic E-state index is -1.52. The summed E-state index contributed by atoms with van der Waals surface area (Å²) >= 11 is 6.60. The van der Waals surface area contributed by atoms with Gasteiger partial charge in [-0.2, -0.15) is 5.26 Å². The molecule has 2 aromatic carbocycles. The van der Waals surface area contributed by atoms with E-state index in [4.69, 9.17) is 40.1 Å². The Morgan fingerprint density at radius 3 is 2.45 bits per heavy atom. The quantitative estimate of drug-likeness (QED) is 0.174. The summed E-state index contributed by atoms with van der Waals surface area (Å²) in [5, 5.41) is 14.3. The molecule has 0 spiro atoms. The van der Waals surface area contributed by atoms with E-state index in [1.165, 1.54) is 30.2 Å². The average Bonchev–Trinajstić information content (AvgIpc) is 3.58. The van der Waals surface area contributed by atoms with Gasteiger partial charge in [-0.3, -0.25) is 14.8 Å². The number of carbonyl (C=O) groups excluding carboxylic acids is 5.